The van der Waals surface area contributed by atoms with Gasteiger partial charge < -0.3 is 0 Å². The van der Waals surface area contributed by atoms with Gasteiger partial charge in [0, 0.05) is 0 Å². The van der Waals surface area contributed by atoms with Crippen molar-refractivity contribution in [2.45, 2.75) is 58.8 Å². The molecule has 0 aliphatic rings. The van der Waals surface area contributed by atoms with E-state index in [2.05, 4.69) is 127 Å². The summed E-state index contributed by atoms with van der Waals surface area (Å²) in [5.74, 6) is 0. The molecule has 0 amide bonds. The molecule has 3 aromatic carbocycles. The predicted molar refractivity (Wildman–Crippen MR) is 130 cm³/mol. The van der Waals surface area contributed by atoms with Gasteiger partial charge in [0.1, 0.15) is 0 Å². The van der Waals surface area contributed by atoms with Crippen molar-refractivity contribution in [1.82, 2.24) is 0 Å². The number of hydrogen-bond acceptors (Lipinski definition) is 0. The molecule has 28 heavy (non-hydrogen) atoms. The van der Waals surface area contributed by atoms with Gasteiger partial charge in [0.05, 0.1) is 0 Å². The molecule has 0 saturated carbocycles. The monoisotopic (exact) mass is 390 g/mol. The maximum absolute atomic E-state index is 2.45. The molecule has 0 aliphatic carbocycles. The Morgan fingerprint density at radius 2 is 1.00 bits per heavy atom. The first-order valence-electron chi connectivity index (χ1n) is 10.3. The number of rotatable bonds is 3. The van der Waals surface area contributed by atoms with Gasteiger partial charge in [0.15, 0.2) is 0 Å². The van der Waals surface area contributed by atoms with Gasteiger partial charge in [-0.2, -0.15) is 0 Å². The molecule has 0 fully saturated rings. The zero-order valence-electron chi connectivity index (χ0n) is 18.5. The summed E-state index contributed by atoms with van der Waals surface area (Å²) < 4.78 is 0. The second-order valence-electron chi connectivity index (χ2n) is 9.98. The van der Waals surface area contributed by atoms with E-state index in [-0.39, 0.29) is 10.3 Å². The summed E-state index contributed by atoms with van der Waals surface area (Å²) in [6.45, 7) is 16.9. The molecule has 0 aliphatic heterocycles. The molecule has 0 radical (unpaired) electrons. The van der Waals surface area contributed by atoms with Gasteiger partial charge in [-0.1, -0.05) is 0 Å². The fourth-order valence-electron chi connectivity index (χ4n) is 5.56. The molecule has 3 rings (SSSR count). The van der Waals surface area contributed by atoms with Crippen molar-refractivity contribution in [1.29, 1.82) is 0 Å². The fourth-order valence-corrected chi connectivity index (χ4v) is 13.1. The van der Waals surface area contributed by atoms with Crippen LogP contribution in [-0.2, 0) is 0 Å². The molecule has 0 aromatic heterocycles. The van der Waals surface area contributed by atoms with E-state index in [1.165, 1.54) is 22.0 Å². The van der Waals surface area contributed by atoms with Crippen molar-refractivity contribution in [2.24, 2.45) is 0 Å². The van der Waals surface area contributed by atoms with E-state index < -0.39 is 7.26 Å². The Kier molecular flexibility index (Phi) is 5.57. The molecule has 0 N–H and O–H groups in total. The van der Waals surface area contributed by atoms with Crippen LogP contribution in [0.3, 0.4) is 0 Å². The van der Waals surface area contributed by atoms with E-state index >= 15 is 0 Å². The molecule has 0 heterocycles. The Morgan fingerprint density at radius 3 is 1.54 bits per heavy atom. The van der Waals surface area contributed by atoms with Crippen LogP contribution in [0.2, 0.25) is 0 Å². The molecule has 0 unspecified atom stereocenters. The van der Waals surface area contributed by atoms with Crippen molar-refractivity contribution in [2.75, 3.05) is 0 Å². The van der Waals surface area contributed by atoms with Crippen LogP contribution >= 0.6 is 7.26 Å². The van der Waals surface area contributed by atoms with Gasteiger partial charge in [-0.15, -0.1) is 0 Å². The first-order chi connectivity index (χ1) is 13.1. The zero-order chi connectivity index (χ0) is 20.6. The minimum atomic E-state index is -2.20. The zero-order valence-corrected chi connectivity index (χ0v) is 19.5. The van der Waals surface area contributed by atoms with Crippen LogP contribution in [0.1, 0.15) is 47.1 Å². The molecule has 1 heteroatoms. The molecule has 0 nitrogen and oxygen atoms in total. The van der Waals surface area contributed by atoms with E-state index in [1.54, 1.807) is 5.30 Å². The number of hydrogen-bond donors (Lipinski definition) is 0. The normalized spacial score (nSPS) is 13.4. The third-order valence-corrected chi connectivity index (χ3v) is 13.2. The number of aryl methyl sites for hydroxylation is 1. The Hall–Kier alpha value is -1.91. The first kappa shape index (κ1) is 20.8. The van der Waals surface area contributed by atoms with E-state index in [1.807, 2.05) is 0 Å². The summed E-state index contributed by atoms with van der Waals surface area (Å²) in [5, 5.41) is 3.39. The second kappa shape index (κ2) is 7.49. The van der Waals surface area contributed by atoms with Gasteiger partial charge >= 0.3 is 172 Å². The van der Waals surface area contributed by atoms with Crippen LogP contribution in [0, 0.1) is 6.92 Å². The average molecular weight is 391 g/mol. The standard InChI is InChI=1S/C27H35P/c1-21-15-11-12-18-23(21)24-19-13-14-20-25(24)28(26(2,3)4,27(5,6)7)22-16-9-8-10-17-22/h8-20,28H,1-7H3. The summed E-state index contributed by atoms with van der Waals surface area (Å²) in [7, 11) is -2.20. The van der Waals surface area contributed by atoms with Crippen LogP contribution in [-0.4, -0.2) is 10.3 Å². The Labute approximate surface area is 172 Å². The van der Waals surface area contributed by atoms with Gasteiger partial charge in [-0.25, -0.2) is 0 Å². The van der Waals surface area contributed by atoms with Gasteiger partial charge in [0.2, 0.25) is 0 Å². The average Bonchev–Trinajstić information content (AvgIpc) is 2.62. The molecule has 0 bridgehead atoms. The summed E-state index contributed by atoms with van der Waals surface area (Å²) in [6, 6.07) is 29.3. The summed E-state index contributed by atoms with van der Waals surface area (Å²) in [4.78, 5) is 0. The van der Waals surface area contributed by atoms with Crippen LogP contribution in [0.25, 0.3) is 11.1 Å². The second-order valence-corrected chi connectivity index (χ2v) is 15.6. The molecular formula is C27H35P. The predicted octanol–water partition coefficient (Wildman–Crippen LogP) is 6.96. The summed E-state index contributed by atoms with van der Waals surface area (Å²) in [5.41, 5.74) is 4.11. The van der Waals surface area contributed by atoms with Crippen molar-refractivity contribution in [3.8, 4) is 11.1 Å². The van der Waals surface area contributed by atoms with Gasteiger partial charge in [0.25, 0.3) is 0 Å². The minimum absolute atomic E-state index is 0.158. The van der Waals surface area contributed by atoms with Crippen molar-refractivity contribution in [3.63, 3.8) is 0 Å². The number of benzene rings is 3. The van der Waals surface area contributed by atoms with Crippen molar-refractivity contribution >= 4 is 17.9 Å². The van der Waals surface area contributed by atoms with E-state index in [9.17, 15) is 0 Å². The molecule has 148 valence electrons. The maximum atomic E-state index is 2.45. The topological polar surface area (TPSA) is 0 Å². The van der Waals surface area contributed by atoms with Crippen LogP contribution in [0.15, 0.2) is 78.9 Å². The third kappa shape index (κ3) is 3.33. The van der Waals surface area contributed by atoms with Crippen LogP contribution in [0.5, 0.6) is 0 Å². The molecule has 0 atom stereocenters. The van der Waals surface area contributed by atoms with E-state index in [0.29, 0.717) is 0 Å². The Bertz CT molecular complexity index is 926. The van der Waals surface area contributed by atoms with Gasteiger partial charge in [-0.3, -0.25) is 0 Å². The Balaban J connectivity index is 2.47. The third-order valence-electron chi connectivity index (χ3n) is 6.22. The van der Waals surface area contributed by atoms with Crippen molar-refractivity contribution < 1.29 is 0 Å². The quantitative estimate of drug-likeness (QED) is 0.424. The van der Waals surface area contributed by atoms with Crippen molar-refractivity contribution in [3.05, 3.63) is 84.4 Å². The first-order valence-corrected chi connectivity index (χ1v) is 12.3. The SMILES string of the molecule is Cc1ccccc1-c1ccccc1[PH](c1ccccc1)(C(C)(C)C)C(C)(C)C. The summed E-state index contributed by atoms with van der Waals surface area (Å²) in [6.07, 6.45) is 0. The molecule has 0 spiro atoms. The van der Waals surface area contributed by atoms with E-state index in [4.69, 9.17) is 0 Å². The summed E-state index contributed by atoms with van der Waals surface area (Å²) >= 11 is 0. The van der Waals surface area contributed by atoms with Crippen LogP contribution < -0.4 is 10.6 Å². The molecule has 3 aromatic rings. The molecular weight excluding hydrogens is 355 g/mol. The van der Waals surface area contributed by atoms with Gasteiger partial charge in [-0.05, 0) is 0 Å². The molecule has 0 saturated heterocycles. The van der Waals surface area contributed by atoms with Crippen LogP contribution in [0.4, 0.5) is 0 Å². The fraction of sp³-hybridized carbons (Fsp3) is 0.333. The Morgan fingerprint density at radius 1 is 0.536 bits per heavy atom. The van der Waals surface area contributed by atoms with E-state index in [0.717, 1.165) is 0 Å².